The van der Waals surface area contributed by atoms with Gasteiger partial charge in [0.05, 0.1) is 31.7 Å². The fourth-order valence-electron chi connectivity index (χ4n) is 2.66. The maximum atomic E-state index is 12.4. The number of nitrogens with two attached hydrogens (primary N) is 2. The van der Waals surface area contributed by atoms with E-state index in [1.165, 1.54) is 0 Å². The van der Waals surface area contributed by atoms with Crippen molar-refractivity contribution < 1.29 is 38.0 Å². The Kier molecular flexibility index (Phi) is 10.1. The lowest BCUT2D eigenvalue weighted by molar-refractivity contribution is -0.159. The highest BCUT2D eigenvalue weighted by Crippen LogP contribution is 2.19. The van der Waals surface area contributed by atoms with Gasteiger partial charge in [0, 0.05) is 0 Å². The maximum absolute atomic E-state index is 12.4. The molecule has 3 atom stereocenters. The van der Waals surface area contributed by atoms with E-state index in [1.807, 2.05) is 31.2 Å². The summed E-state index contributed by atoms with van der Waals surface area (Å²) < 4.78 is 32.9. The number of carbonyl (C=O) groups is 1. The van der Waals surface area contributed by atoms with E-state index < -0.39 is 39.5 Å². The standard InChI is InChI=1S/C18H30N2O8S/c1-13-2-4-14(5-3-13)6-7-15(22)16(23)18(19,12-29(20,25)26)17(24)28-11-10-27-9-8-21/h2-5,15-16,21-23H,6-12,19H2,1H3,(H2,20,25,26). The summed E-state index contributed by atoms with van der Waals surface area (Å²) >= 11 is 0. The molecule has 0 aliphatic carbocycles. The molecule has 0 spiro atoms. The van der Waals surface area contributed by atoms with Gasteiger partial charge in [-0.15, -0.1) is 0 Å². The molecule has 0 bridgehead atoms. The number of rotatable bonds is 13. The lowest BCUT2D eigenvalue weighted by Gasteiger charge is -2.33. The fraction of sp³-hybridized carbons (Fsp3) is 0.611. The summed E-state index contributed by atoms with van der Waals surface area (Å²) in [4.78, 5) is 12.4. The normalized spacial score (nSPS) is 16.1. The Labute approximate surface area is 170 Å². The zero-order valence-corrected chi connectivity index (χ0v) is 17.2. The van der Waals surface area contributed by atoms with Crippen molar-refractivity contribution in [2.75, 3.05) is 32.2 Å². The first-order valence-corrected chi connectivity index (χ1v) is 10.8. The van der Waals surface area contributed by atoms with Crippen LogP contribution >= 0.6 is 0 Å². The van der Waals surface area contributed by atoms with Gasteiger partial charge in [-0.25, -0.2) is 18.4 Å². The molecule has 11 heteroatoms. The van der Waals surface area contributed by atoms with E-state index in [1.54, 1.807) is 0 Å². The number of carbonyl (C=O) groups excluding carboxylic acids is 1. The van der Waals surface area contributed by atoms with Crippen molar-refractivity contribution in [3.63, 3.8) is 0 Å². The second-order valence-corrected chi connectivity index (χ2v) is 8.47. The van der Waals surface area contributed by atoms with E-state index in [9.17, 15) is 23.4 Å². The molecule has 166 valence electrons. The van der Waals surface area contributed by atoms with Crippen LogP contribution in [-0.2, 0) is 30.7 Å². The van der Waals surface area contributed by atoms with Crippen LogP contribution in [-0.4, -0.2) is 79.6 Å². The average Bonchev–Trinajstić information content (AvgIpc) is 2.64. The molecular formula is C18H30N2O8S. The number of benzene rings is 1. The van der Waals surface area contributed by atoms with Crippen molar-refractivity contribution in [1.82, 2.24) is 0 Å². The van der Waals surface area contributed by atoms with Gasteiger partial charge < -0.3 is 30.5 Å². The minimum absolute atomic E-state index is 0.0285. The predicted molar refractivity (Wildman–Crippen MR) is 105 cm³/mol. The van der Waals surface area contributed by atoms with Crippen LogP contribution in [0.1, 0.15) is 17.5 Å². The van der Waals surface area contributed by atoms with E-state index in [4.69, 9.17) is 25.5 Å². The topological polar surface area (TPSA) is 182 Å². The molecule has 0 aromatic heterocycles. The number of primary sulfonamides is 1. The smallest absolute Gasteiger partial charge is 0.330 e. The molecular weight excluding hydrogens is 404 g/mol. The highest BCUT2D eigenvalue weighted by atomic mass is 32.2. The van der Waals surface area contributed by atoms with Crippen molar-refractivity contribution in [3.05, 3.63) is 35.4 Å². The SMILES string of the molecule is Cc1ccc(CCC(O)C(O)C(N)(CS(N)(=O)=O)C(=O)OCCOCCO)cc1. The molecule has 10 nitrogen and oxygen atoms in total. The maximum Gasteiger partial charge on any atom is 0.330 e. The van der Waals surface area contributed by atoms with Gasteiger partial charge in [-0.1, -0.05) is 29.8 Å². The molecule has 0 aliphatic heterocycles. The van der Waals surface area contributed by atoms with Gasteiger partial charge in [-0.05, 0) is 25.3 Å². The van der Waals surface area contributed by atoms with Crippen molar-refractivity contribution in [2.45, 2.75) is 37.5 Å². The first-order valence-electron chi connectivity index (χ1n) is 9.06. The largest absolute Gasteiger partial charge is 0.462 e. The summed E-state index contributed by atoms with van der Waals surface area (Å²) in [5.74, 6) is -2.35. The summed E-state index contributed by atoms with van der Waals surface area (Å²) in [7, 11) is -4.28. The molecule has 1 aromatic carbocycles. The number of aryl methyl sites for hydroxylation is 2. The third-order valence-electron chi connectivity index (χ3n) is 4.26. The number of esters is 1. The van der Waals surface area contributed by atoms with Crippen LogP contribution in [0, 0.1) is 6.92 Å². The lowest BCUT2D eigenvalue weighted by Crippen LogP contribution is -2.66. The van der Waals surface area contributed by atoms with Gasteiger partial charge >= 0.3 is 5.97 Å². The monoisotopic (exact) mass is 434 g/mol. The van der Waals surface area contributed by atoms with Gasteiger partial charge in [-0.2, -0.15) is 0 Å². The minimum atomic E-state index is -4.28. The van der Waals surface area contributed by atoms with E-state index >= 15 is 0 Å². The zero-order valence-electron chi connectivity index (χ0n) is 16.4. The Bertz CT molecular complexity index is 741. The average molecular weight is 435 g/mol. The molecule has 0 fully saturated rings. The number of ether oxygens (including phenoxy) is 2. The fourth-order valence-corrected chi connectivity index (χ4v) is 3.62. The van der Waals surface area contributed by atoms with Gasteiger partial charge in [0.15, 0.2) is 5.54 Å². The molecule has 0 radical (unpaired) electrons. The molecule has 0 amide bonds. The van der Waals surface area contributed by atoms with Crippen LogP contribution in [0.5, 0.6) is 0 Å². The first-order chi connectivity index (χ1) is 13.5. The quantitative estimate of drug-likeness (QED) is 0.176. The second-order valence-electron chi connectivity index (χ2n) is 6.86. The van der Waals surface area contributed by atoms with Crippen molar-refractivity contribution in [2.24, 2.45) is 10.9 Å². The Morgan fingerprint density at radius 3 is 2.34 bits per heavy atom. The van der Waals surface area contributed by atoms with Gasteiger partial charge in [0.25, 0.3) is 0 Å². The van der Waals surface area contributed by atoms with Crippen molar-refractivity contribution >= 4 is 16.0 Å². The Morgan fingerprint density at radius 2 is 1.79 bits per heavy atom. The van der Waals surface area contributed by atoms with Crippen LogP contribution in [0.25, 0.3) is 0 Å². The van der Waals surface area contributed by atoms with Crippen molar-refractivity contribution in [1.29, 1.82) is 0 Å². The molecule has 0 aliphatic rings. The van der Waals surface area contributed by atoms with E-state index in [0.717, 1.165) is 11.1 Å². The number of aliphatic hydroxyl groups excluding tert-OH is 3. The highest BCUT2D eigenvalue weighted by Gasteiger charge is 2.48. The van der Waals surface area contributed by atoms with E-state index in [0.29, 0.717) is 6.42 Å². The molecule has 29 heavy (non-hydrogen) atoms. The van der Waals surface area contributed by atoms with Gasteiger partial charge in [0.1, 0.15) is 12.7 Å². The third kappa shape index (κ3) is 8.74. The number of hydrogen-bond donors (Lipinski definition) is 5. The molecule has 1 rings (SSSR count). The van der Waals surface area contributed by atoms with Crippen LogP contribution < -0.4 is 10.9 Å². The van der Waals surface area contributed by atoms with Crippen LogP contribution in [0.15, 0.2) is 24.3 Å². The number of hydrogen-bond acceptors (Lipinski definition) is 9. The summed E-state index contributed by atoms with van der Waals surface area (Å²) in [6.07, 6.45) is -3.03. The molecule has 0 saturated carbocycles. The molecule has 3 unspecified atom stereocenters. The van der Waals surface area contributed by atoms with Crippen LogP contribution in [0.4, 0.5) is 0 Å². The Morgan fingerprint density at radius 1 is 1.17 bits per heavy atom. The molecule has 0 saturated heterocycles. The first kappa shape index (κ1) is 25.4. The molecule has 0 heterocycles. The second kappa shape index (κ2) is 11.6. The highest BCUT2D eigenvalue weighted by molar-refractivity contribution is 7.89. The molecule has 7 N–H and O–H groups in total. The van der Waals surface area contributed by atoms with E-state index in [-0.39, 0.29) is 32.8 Å². The van der Waals surface area contributed by atoms with Crippen molar-refractivity contribution in [3.8, 4) is 0 Å². The van der Waals surface area contributed by atoms with E-state index in [2.05, 4.69) is 0 Å². The zero-order chi connectivity index (χ0) is 22.1. The summed E-state index contributed by atoms with van der Waals surface area (Å²) in [5.41, 5.74) is 5.37. The minimum Gasteiger partial charge on any atom is -0.462 e. The summed E-state index contributed by atoms with van der Waals surface area (Å²) in [5, 5.41) is 34.4. The summed E-state index contributed by atoms with van der Waals surface area (Å²) in [6.45, 7) is 1.40. The number of aliphatic hydroxyl groups is 3. The molecule has 1 aromatic rings. The third-order valence-corrected chi connectivity index (χ3v) is 5.14. The Balaban J connectivity index is 2.81. The summed E-state index contributed by atoms with van der Waals surface area (Å²) in [6, 6.07) is 7.50. The Hall–Kier alpha value is -1.60. The van der Waals surface area contributed by atoms with Gasteiger partial charge in [-0.3, -0.25) is 0 Å². The van der Waals surface area contributed by atoms with Crippen LogP contribution in [0.3, 0.4) is 0 Å². The van der Waals surface area contributed by atoms with Gasteiger partial charge in [0.2, 0.25) is 10.0 Å². The van der Waals surface area contributed by atoms with Crippen LogP contribution in [0.2, 0.25) is 0 Å². The number of sulfonamides is 1. The predicted octanol–water partition coefficient (Wildman–Crippen LogP) is -1.81. The lowest BCUT2D eigenvalue weighted by atomic mass is 9.89.